The van der Waals surface area contributed by atoms with E-state index in [9.17, 15) is 18.8 Å². The van der Waals surface area contributed by atoms with Gasteiger partial charge in [-0.05, 0) is 64.0 Å². The Morgan fingerprint density at radius 3 is 2.81 bits per heavy atom. The lowest BCUT2D eigenvalue weighted by atomic mass is 9.99. The molecule has 11 heteroatoms. The van der Waals surface area contributed by atoms with Crippen LogP contribution in [0.15, 0.2) is 18.2 Å². The number of carbonyl (C=O) groups is 3. The Morgan fingerprint density at radius 2 is 2.11 bits per heavy atom. The van der Waals surface area contributed by atoms with E-state index in [2.05, 4.69) is 20.8 Å². The fraction of sp³-hybridized carbons (Fsp3) is 0.538. The van der Waals surface area contributed by atoms with Crippen molar-refractivity contribution in [3.05, 3.63) is 40.3 Å². The molecule has 2 heterocycles. The highest BCUT2D eigenvalue weighted by Gasteiger charge is 2.40. The van der Waals surface area contributed by atoms with Crippen molar-refractivity contribution in [3.63, 3.8) is 0 Å². The molecule has 2 aromatic rings. The van der Waals surface area contributed by atoms with E-state index in [0.29, 0.717) is 37.2 Å². The zero-order valence-electron chi connectivity index (χ0n) is 20.9. The number of hydrogen-bond donors (Lipinski definition) is 3. The molecule has 0 bridgehead atoms. The van der Waals surface area contributed by atoms with Crippen molar-refractivity contribution in [1.82, 2.24) is 15.5 Å². The molecule has 2 aliphatic carbocycles. The van der Waals surface area contributed by atoms with E-state index >= 15 is 0 Å². The van der Waals surface area contributed by atoms with Gasteiger partial charge in [-0.15, -0.1) is 0 Å². The Morgan fingerprint density at radius 1 is 1.32 bits per heavy atom. The molecule has 3 atom stereocenters. The van der Waals surface area contributed by atoms with E-state index in [1.54, 1.807) is 19.1 Å². The van der Waals surface area contributed by atoms with Crippen LogP contribution in [0.3, 0.4) is 0 Å². The minimum absolute atomic E-state index is 0.117. The highest BCUT2D eigenvalue weighted by Crippen LogP contribution is 2.38. The van der Waals surface area contributed by atoms with E-state index in [1.165, 1.54) is 11.0 Å². The number of anilines is 2. The first-order valence-corrected chi connectivity index (χ1v) is 13.1. The van der Waals surface area contributed by atoms with Crippen LogP contribution in [0.4, 0.5) is 20.7 Å². The number of benzene rings is 1. The van der Waals surface area contributed by atoms with Crippen LogP contribution in [-0.2, 0) is 14.3 Å². The summed E-state index contributed by atoms with van der Waals surface area (Å²) in [5.74, 6) is -1.49. The highest BCUT2D eigenvalue weighted by atomic mass is 35.5. The summed E-state index contributed by atoms with van der Waals surface area (Å²) in [6.45, 7) is 4.09. The van der Waals surface area contributed by atoms with Crippen molar-refractivity contribution in [2.75, 3.05) is 16.8 Å². The van der Waals surface area contributed by atoms with Crippen LogP contribution in [0.5, 0.6) is 0 Å². The summed E-state index contributed by atoms with van der Waals surface area (Å²) >= 11 is 6.29. The number of nitrogens with zero attached hydrogens (tertiary/aromatic N) is 2. The van der Waals surface area contributed by atoms with Gasteiger partial charge < -0.3 is 20.3 Å². The molecule has 5 rings (SSSR count). The molecule has 1 aromatic carbocycles. The van der Waals surface area contributed by atoms with Crippen LogP contribution in [0.25, 0.3) is 0 Å². The third-order valence-corrected chi connectivity index (χ3v) is 8.05. The lowest BCUT2D eigenvalue weighted by molar-refractivity contribution is -0.118. The molecule has 1 unspecified atom stereocenters. The third-order valence-electron chi connectivity index (χ3n) is 7.67. The van der Waals surface area contributed by atoms with Crippen molar-refractivity contribution in [2.24, 2.45) is 0 Å². The molecule has 2 saturated carbocycles. The van der Waals surface area contributed by atoms with Gasteiger partial charge in [-0.1, -0.05) is 17.7 Å². The molecule has 1 saturated heterocycles. The summed E-state index contributed by atoms with van der Waals surface area (Å²) in [5.41, 5.74) is 1.20. The number of aromatic nitrogens is 2. The van der Waals surface area contributed by atoms with Gasteiger partial charge >= 0.3 is 6.09 Å². The number of hydrogen-bond acceptors (Lipinski definition) is 5. The van der Waals surface area contributed by atoms with E-state index < -0.39 is 11.7 Å². The second-order valence-corrected chi connectivity index (χ2v) is 11.0. The number of alkyl carbamates (subject to hydrolysis) is 1. The molecular weight excluding hydrogens is 501 g/mol. The number of rotatable bonds is 7. The van der Waals surface area contributed by atoms with Gasteiger partial charge in [0.2, 0.25) is 11.8 Å². The first kappa shape index (κ1) is 25.5. The molecule has 1 aliphatic heterocycles. The zero-order valence-corrected chi connectivity index (χ0v) is 21.7. The summed E-state index contributed by atoms with van der Waals surface area (Å²) < 4.78 is 20.6. The second kappa shape index (κ2) is 9.96. The van der Waals surface area contributed by atoms with Gasteiger partial charge in [0.05, 0.1) is 16.6 Å². The third kappa shape index (κ3) is 5.44. The summed E-state index contributed by atoms with van der Waals surface area (Å²) in [6, 6.07) is 4.86. The number of halogens is 2. The average molecular weight is 532 g/mol. The molecule has 3 amide bonds. The number of H-pyrrole nitrogens is 1. The number of aromatic amines is 1. The Labute approximate surface area is 219 Å². The second-order valence-electron chi connectivity index (χ2n) is 10.6. The Bertz CT molecular complexity index is 1230. The first-order chi connectivity index (χ1) is 17.6. The molecular formula is C26H31ClFN5O4. The van der Waals surface area contributed by atoms with Crippen LogP contribution in [0.1, 0.15) is 81.9 Å². The van der Waals surface area contributed by atoms with Crippen LogP contribution in [0, 0.1) is 5.82 Å². The predicted molar refractivity (Wildman–Crippen MR) is 136 cm³/mol. The lowest BCUT2D eigenvalue weighted by Gasteiger charge is -2.20. The van der Waals surface area contributed by atoms with Crippen molar-refractivity contribution >= 4 is 41.0 Å². The summed E-state index contributed by atoms with van der Waals surface area (Å²) in [6.07, 6.45) is 4.75. The molecule has 198 valence electrons. The molecule has 3 aliphatic rings. The SMILES string of the molecule is CC(C(=O)Nc1cc([C@@H]2CC[C@@H](OC(=O)NC3(C)CC3)C2)[nH]n1)c1ccc(N2CCCC2=O)c(F)c1Cl. The maximum atomic E-state index is 15.0. The van der Waals surface area contributed by atoms with Crippen LogP contribution in [-0.4, -0.2) is 46.3 Å². The van der Waals surface area contributed by atoms with Crippen molar-refractivity contribution in [1.29, 1.82) is 0 Å². The van der Waals surface area contributed by atoms with Crippen molar-refractivity contribution in [3.8, 4) is 0 Å². The van der Waals surface area contributed by atoms with E-state index in [0.717, 1.165) is 31.4 Å². The molecule has 1 aromatic heterocycles. The van der Waals surface area contributed by atoms with Gasteiger partial charge in [-0.3, -0.25) is 14.7 Å². The average Bonchev–Trinajstić information content (AvgIpc) is 3.26. The van der Waals surface area contributed by atoms with Gasteiger partial charge in [0, 0.05) is 36.2 Å². The zero-order chi connectivity index (χ0) is 26.3. The predicted octanol–water partition coefficient (Wildman–Crippen LogP) is 4.99. The minimum atomic E-state index is -0.749. The molecule has 0 spiro atoms. The lowest BCUT2D eigenvalue weighted by Crippen LogP contribution is -2.36. The van der Waals surface area contributed by atoms with Crippen molar-refractivity contribution < 1.29 is 23.5 Å². The van der Waals surface area contributed by atoms with Crippen LogP contribution in [0.2, 0.25) is 5.02 Å². The molecule has 0 radical (unpaired) electrons. The maximum Gasteiger partial charge on any atom is 0.407 e. The normalized spacial score (nSPS) is 23.1. The number of amides is 3. The minimum Gasteiger partial charge on any atom is -0.446 e. The Balaban J connectivity index is 1.18. The fourth-order valence-corrected chi connectivity index (χ4v) is 5.38. The van der Waals surface area contributed by atoms with Gasteiger partial charge in [-0.25, -0.2) is 9.18 Å². The monoisotopic (exact) mass is 531 g/mol. The highest BCUT2D eigenvalue weighted by molar-refractivity contribution is 6.32. The van der Waals surface area contributed by atoms with Crippen molar-refractivity contribution in [2.45, 2.75) is 82.3 Å². The molecule has 3 N–H and O–H groups in total. The van der Waals surface area contributed by atoms with Crippen LogP contribution >= 0.6 is 11.6 Å². The van der Waals surface area contributed by atoms with Gasteiger partial charge in [0.15, 0.2) is 11.6 Å². The van der Waals surface area contributed by atoms with E-state index in [-0.39, 0.29) is 46.2 Å². The number of nitrogens with one attached hydrogen (secondary N) is 3. The molecule has 3 fully saturated rings. The van der Waals surface area contributed by atoms with E-state index in [1.807, 2.05) is 6.92 Å². The standard InChI is InChI=1S/C26H31ClFN5O4/c1-14(17-7-8-19(23(28)22(17)27)33-11-3-4-21(33)34)24(35)29-20-13-18(31-32-20)15-5-6-16(12-15)37-25(36)30-26(2)9-10-26/h7-8,13-16H,3-6,9-12H2,1-2H3,(H,30,36)(H2,29,31,32,35)/t14?,15-,16-/m1/s1. The Hall–Kier alpha value is -3.14. The smallest absolute Gasteiger partial charge is 0.407 e. The summed E-state index contributed by atoms with van der Waals surface area (Å²) in [7, 11) is 0. The number of ether oxygens (including phenoxy) is 1. The number of carbonyl (C=O) groups excluding carboxylic acids is 3. The summed E-state index contributed by atoms with van der Waals surface area (Å²) in [5, 5.41) is 12.7. The molecule has 9 nitrogen and oxygen atoms in total. The van der Waals surface area contributed by atoms with Gasteiger partial charge in [0.25, 0.3) is 0 Å². The van der Waals surface area contributed by atoms with E-state index in [4.69, 9.17) is 16.3 Å². The molecule has 37 heavy (non-hydrogen) atoms. The quantitative estimate of drug-likeness (QED) is 0.465. The topological polar surface area (TPSA) is 116 Å². The fourth-order valence-electron chi connectivity index (χ4n) is 5.05. The maximum absolute atomic E-state index is 15.0. The van der Waals surface area contributed by atoms with Gasteiger partial charge in [-0.2, -0.15) is 5.10 Å². The first-order valence-electron chi connectivity index (χ1n) is 12.8. The largest absolute Gasteiger partial charge is 0.446 e. The van der Waals surface area contributed by atoms with Crippen LogP contribution < -0.4 is 15.5 Å². The Kier molecular flexibility index (Phi) is 6.87. The summed E-state index contributed by atoms with van der Waals surface area (Å²) in [4.78, 5) is 38.4. The van der Waals surface area contributed by atoms with Gasteiger partial charge in [0.1, 0.15) is 6.10 Å².